The second-order valence-electron chi connectivity index (χ2n) is 6.42. The third-order valence-electron chi connectivity index (χ3n) is 4.70. The van der Waals surface area contributed by atoms with Gasteiger partial charge in [-0.1, -0.05) is 23.7 Å². The Balaban J connectivity index is 1.74. The van der Waals surface area contributed by atoms with E-state index in [2.05, 4.69) is 10.2 Å². The molecule has 3 aromatic rings. The first-order valence-electron chi connectivity index (χ1n) is 8.29. The maximum atomic E-state index is 13.0. The van der Waals surface area contributed by atoms with Gasteiger partial charge in [0.1, 0.15) is 5.75 Å². The van der Waals surface area contributed by atoms with Crippen LogP contribution in [0.1, 0.15) is 35.2 Å². The molecule has 0 spiro atoms. The Kier molecular flexibility index (Phi) is 4.30. The molecule has 144 valence electrons. The molecular formula is C19H14ClF2N3O3. The number of nitrogens with zero attached hydrogens (tertiary/aromatic N) is 3. The fraction of sp³-hybridized carbons (Fsp3) is 0.211. The molecule has 28 heavy (non-hydrogen) atoms. The second kappa shape index (κ2) is 6.56. The largest absolute Gasteiger partial charge is 0.463 e. The Morgan fingerprint density at radius 2 is 1.96 bits per heavy atom. The van der Waals surface area contributed by atoms with Crippen molar-refractivity contribution >= 4 is 17.5 Å². The maximum Gasteiger partial charge on any atom is 0.314 e. The second-order valence-corrected chi connectivity index (χ2v) is 6.85. The molecule has 4 rings (SSSR count). The predicted molar refractivity (Wildman–Crippen MR) is 96.2 cm³/mol. The molecule has 1 aromatic heterocycles. The molecule has 0 fully saturated rings. The summed E-state index contributed by atoms with van der Waals surface area (Å²) in [6.07, 6.45) is -2.87. The van der Waals surface area contributed by atoms with Crippen molar-refractivity contribution in [3.05, 3.63) is 64.5 Å². The Morgan fingerprint density at radius 1 is 1.18 bits per heavy atom. The number of hydrogen-bond donors (Lipinski definition) is 0. The zero-order chi connectivity index (χ0) is 20.1. The molecule has 0 aliphatic carbocycles. The van der Waals surface area contributed by atoms with Gasteiger partial charge in [0.2, 0.25) is 11.6 Å². The molecule has 1 atom stereocenters. The summed E-state index contributed by atoms with van der Waals surface area (Å²) in [4.78, 5) is 14.5. The number of alkyl halides is 2. The lowest BCUT2D eigenvalue weighted by atomic mass is 9.98. The molecule has 6 nitrogen and oxygen atoms in total. The van der Waals surface area contributed by atoms with Crippen molar-refractivity contribution in [2.24, 2.45) is 0 Å². The van der Waals surface area contributed by atoms with Crippen LogP contribution in [0.15, 0.2) is 46.9 Å². The molecule has 0 bridgehead atoms. The van der Waals surface area contributed by atoms with Crippen LogP contribution in [-0.4, -0.2) is 28.1 Å². The normalized spacial score (nSPS) is 18.9. The van der Waals surface area contributed by atoms with Gasteiger partial charge in [-0.3, -0.25) is 9.69 Å². The van der Waals surface area contributed by atoms with Crippen LogP contribution in [0.5, 0.6) is 5.75 Å². The average Bonchev–Trinajstić information content (AvgIpc) is 3.17. The van der Waals surface area contributed by atoms with E-state index in [0.717, 1.165) is 0 Å². The lowest BCUT2D eigenvalue weighted by Crippen LogP contribution is -2.52. The third kappa shape index (κ3) is 2.90. The molecule has 9 heteroatoms. The Bertz CT molecular complexity index is 1070. The van der Waals surface area contributed by atoms with Crippen LogP contribution >= 0.6 is 11.6 Å². The fourth-order valence-corrected chi connectivity index (χ4v) is 3.24. The number of aromatic nitrogens is 2. The smallest absolute Gasteiger partial charge is 0.314 e. The Morgan fingerprint density at radius 3 is 2.64 bits per heavy atom. The van der Waals surface area contributed by atoms with Gasteiger partial charge in [0.25, 0.3) is 11.8 Å². The van der Waals surface area contributed by atoms with Crippen LogP contribution in [0.4, 0.5) is 8.78 Å². The summed E-state index contributed by atoms with van der Waals surface area (Å²) in [5, 5.41) is 7.44. The number of amides is 1. The van der Waals surface area contributed by atoms with E-state index in [1.54, 1.807) is 44.3 Å². The molecular weight excluding hydrogens is 392 g/mol. The van der Waals surface area contributed by atoms with Crippen molar-refractivity contribution in [2.75, 3.05) is 7.05 Å². The fourth-order valence-electron chi connectivity index (χ4n) is 3.05. The molecule has 0 saturated heterocycles. The molecule has 1 aliphatic heterocycles. The highest BCUT2D eigenvalue weighted by Gasteiger charge is 2.43. The summed E-state index contributed by atoms with van der Waals surface area (Å²) in [5.41, 5.74) is 0.249. The summed E-state index contributed by atoms with van der Waals surface area (Å²) >= 11 is 6.09. The van der Waals surface area contributed by atoms with Gasteiger partial charge >= 0.3 is 6.43 Å². The molecule has 0 saturated carbocycles. The van der Waals surface area contributed by atoms with Crippen molar-refractivity contribution < 1.29 is 22.7 Å². The van der Waals surface area contributed by atoms with E-state index in [0.29, 0.717) is 21.9 Å². The van der Waals surface area contributed by atoms with Crippen LogP contribution in [0, 0.1) is 0 Å². The van der Waals surface area contributed by atoms with Gasteiger partial charge in [0.05, 0.1) is 5.56 Å². The zero-order valence-electron chi connectivity index (χ0n) is 14.8. The number of benzene rings is 2. The van der Waals surface area contributed by atoms with Crippen LogP contribution in [-0.2, 0) is 5.72 Å². The van der Waals surface area contributed by atoms with Crippen LogP contribution in [0.3, 0.4) is 0 Å². The number of carbonyl (C=O) groups excluding carboxylic acids is 1. The number of halogens is 3. The monoisotopic (exact) mass is 405 g/mol. The summed E-state index contributed by atoms with van der Waals surface area (Å²) in [6.45, 7) is 1.76. The molecule has 0 N–H and O–H groups in total. The maximum absolute atomic E-state index is 13.0. The first-order valence-corrected chi connectivity index (χ1v) is 8.66. The quantitative estimate of drug-likeness (QED) is 0.633. The van der Waals surface area contributed by atoms with Crippen molar-refractivity contribution in [1.82, 2.24) is 15.1 Å². The predicted octanol–water partition coefficient (Wildman–Crippen LogP) is 4.66. The first-order chi connectivity index (χ1) is 13.3. The van der Waals surface area contributed by atoms with E-state index in [9.17, 15) is 13.6 Å². The van der Waals surface area contributed by atoms with E-state index in [-0.39, 0.29) is 17.4 Å². The summed E-state index contributed by atoms with van der Waals surface area (Å²) in [5.74, 6) is -0.834. The molecule has 0 radical (unpaired) electrons. The molecule has 1 unspecified atom stereocenters. The Labute approximate surface area is 163 Å². The number of carbonyl (C=O) groups is 1. The summed E-state index contributed by atoms with van der Waals surface area (Å²) in [7, 11) is 1.61. The van der Waals surface area contributed by atoms with Gasteiger partial charge in [0.15, 0.2) is 0 Å². The first kappa shape index (κ1) is 18.4. The van der Waals surface area contributed by atoms with Gasteiger partial charge in [0, 0.05) is 23.2 Å². The van der Waals surface area contributed by atoms with Crippen LogP contribution in [0.2, 0.25) is 5.02 Å². The molecule has 1 amide bonds. The van der Waals surface area contributed by atoms with Gasteiger partial charge in [-0.2, -0.15) is 8.78 Å². The van der Waals surface area contributed by atoms with Gasteiger partial charge in [-0.05, 0) is 37.3 Å². The number of fused-ring (bicyclic) bond motifs is 1. The number of hydrogen-bond acceptors (Lipinski definition) is 5. The van der Waals surface area contributed by atoms with Crippen molar-refractivity contribution in [3.63, 3.8) is 0 Å². The third-order valence-corrected chi connectivity index (χ3v) is 4.93. The van der Waals surface area contributed by atoms with E-state index in [1.807, 2.05) is 6.07 Å². The summed E-state index contributed by atoms with van der Waals surface area (Å²) < 4.78 is 36.4. The van der Waals surface area contributed by atoms with Crippen molar-refractivity contribution in [3.8, 4) is 17.2 Å². The zero-order valence-corrected chi connectivity index (χ0v) is 15.6. The van der Waals surface area contributed by atoms with Crippen LogP contribution in [0.25, 0.3) is 11.5 Å². The van der Waals surface area contributed by atoms with Crippen molar-refractivity contribution in [2.45, 2.75) is 19.1 Å². The molecule has 1 aliphatic rings. The number of ether oxygens (including phenoxy) is 1. The SMILES string of the molecule is CN1C(=O)c2cc(-c3nnc(C(F)F)o3)ccc2OC1(C)c1cccc(Cl)c1. The molecule has 2 heterocycles. The van der Waals surface area contributed by atoms with E-state index < -0.39 is 18.0 Å². The minimum atomic E-state index is -2.87. The minimum Gasteiger partial charge on any atom is -0.463 e. The minimum absolute atomic E-state index is 0.100. The topological polar surface area (TPSA) is 68.5 Å². The van der Waals surface area contributed by atoms with Gasteiger partial charge < -0.3 is 9.15 Å². The van der Waals surface area contributed by atoms with E-state index >= 15 is 0 Å². The van der Waals surface area contributed by atoms with Crippen molar-refractivity contribution in [1.29, 1.82) is 0 Å². The number of rotatable bonds is 3. The van der Waals surface area contributed by atoms with Gasteiger partial charge in [-0.15, -0.1) is 10.2 Å². The molecule has 2 aromatic carbocycles. The lowest BCUT2D eigenvalue weighted by Gasteiger charge is -2.43. The Hall–Kier alpha value is -3.00. The highest BCUT2D eigenvalue weighted by atomic mass is 35.5. The van der Waals surface area contributed by atoms with Crippen LogP contribution < -0.4 is 4.74 Å². The lowest BCUT2D eigenvalue weighted by molar-refractivity contribution is -0.0556. The highest BCUT2D eigenvalue weighted by molar-refractivity contribution is 6.30. The van der Waals surface area contributed by atoms with E-state index in [1.165, 1.54) is 11.0 Å². The standard InChI is InChI=1S/C19H14ClF2N3O3/c1-19(11-4-3-5-12(20)9-11)25(2)18(26)13-8-10(6-7-14(13)28-19)16-23-24-17(27-16)15(21)22/h3-9,15H,1-2H3. The highest BCUT2D eigenvalue weighted by Crippen LogP contribution is 2.40. The average molecular weight is 406 g/mol. The summed E-state index contributed by atoms with van der Waals surface area (Å²) in [6, 6.07) is 11.7. The van der Waals surface area contributed by atoms with Gasteiger partial charge in [-0.25, -0.2) is 0 Å². The van der Waals surface area contributed by atoms with E-state index in [4.69, 9.17) is 20.8 Å².